The van der Waals surface area contributed by atoms with Crippen molar-refractivity contribution in [3.8, 4) is 0 Å². The van der Waals surface area contributed by atoms with Gasteiger partial charge in [-0.05, 0) is 31.0 Å². The highest BCUT2D eigenvalue weighted by Crippen LogP contribution is 2.19. The molecule has 2 heterocycles. The molecular weight excluding hydrogens is 218 g/mol. The summed E-state index contributed by atoms with van der Waals surface area (Å²) < 4.78 is 5.33. The molecule has 1 amide bonds. The van der Waals surface area contributed by atoms with E-state index in [4.69, 9.17) is 4.74 Å². The lowest BCUT2D eigenvalue weighted by molar-refractivity contribution is -0.124. The van der Waals surface area contributed by atoms with Gasteiger partial charge >= 0.3 is 0 Å². The second-order valence-corrected chi connectivity index (χ2v) is 4.16. The van der Waals surface area contributed by atoms with Gasteiger partial charge in [0.25, 0.3) is 5.91 Å². The fourth-order valence-corrected chi connectivity index (χ4v) is 2.03. The number of aromatic amines is 1. The minimum atomic E-state index is -0.296. The second kappa shape index (κ2) is 4.18. The molecule has 88 valence electrons. The van der Waals surface area contributed by atoms with Gasteiger partial charge in [-0.1, -0.05) is 0 Å². The van der Waals surface area contributed by atoms with Crippen LogP contribution in [0.15, 0.2) is 24.4 Å². The van der Waals surface area contributed by atoms with Gasteiger partial charge in [0.15, 0.2) is 0 Å². The minimum absolute atomic E-state index is 0.0645. The summed E-state index contributed by atoms with van der Waals surface area (Å²) in [5.74, 6) is -0.0645. The van der Waals surface area contributed by atoms with Crippen LogP contribution in [0.25, 0.3) is 10.9 Å². The van der Waals surface area contributed by atoms with Crippen molar-refractivity contribution in [2.45, 2.75) is 18.9 Å². The summed E-state index contributed by atoms with van der Waals surface area (Å²) >= 11 is 0. The maximum absolute atomic E-state index is 11.8. The molecule has 0 bridgehead atoms. The Morgan fingerprint density at radius 2 is 2.47 bits per heavy atom. The van der Waals surface area contributed by atoms with Crippen molar-refractivity contribution in [2.24, 2.45) is 0 Å². The van der Waals surface area contributed by atoms with Gasteiger partial charge in [0.05, 0.1) is 11.7 Å². The highest BCUT2D eigenvalue weighted by atomic mass is 16.5. The molecule has 1 fully saturated rings. The molecule has 1 unspecified atom stereocenters. The lowest BCUT2D eigenvalue weighted by atomic mass is 10.2. The number of nitrogens with one attached hydrogen (secondary N) is 2. The van der Waals surface area contributed by atoms with Crippen LogP contribution in [0.5, 0.6) is 0 Å². The predicted octanol–water partition coefficient (Wildman–Crippen LogP) is 1.68. The molecule has 1 aliphatic heterocycles. The Morgan fingerprint density at radius 3 is 3.29 bits per heavy atom. The number of ether oxygens (including phenoxy) is 1. The van der Waals surface area contributed by atoms with Crippen molar-refractivity contribution in [2.75, 3.05) is 11.9 Å². The Morgan fingerprint density at radius 1 is 1.53 bits per heavy atom. The summed E-state index contributed by atoms with van der Waals surface area (Å²) in [6.45, 7) is 0.679. The van der Waals surface area contributed by atoms with Crippen molar-refractivity contribution in [1.82, 2.24) is 10.2 Å². The highest BCUT2D eigenvalue weighted by molar-refractivity contribution is 5.96. The first-order chi connectivity index (χ1) is 8.33. The molecule has 2 aromatic rings. The van der Waals surface area contributed by atoms with E-state index in [0.717, 1.165) is 29.4 Å². The zero-order chi connectivity index (χ0) is 11.7. The highest BCUT2D eigenvalue weighted by Gasteiger charge is 2.23. The van der Waals surface area contributed by atoms with Crippen LogP contribution < -0.4 is 5.32 Å². The van der Waals surface area contributed by atoms with E-state index in [0.29, 0.717) is 6.61 Å². The van der Waals surface area contributed by atoms with Crippen LogP contribution in [0.3, 0.4) is 0 Å². The third kappa shape index (κ3) is 2.01. The minimum Gasteiger partial charge on any atom is -0.368 e. The Bertz CT molecular complexity index is 543. The molecule has 5 nitrogen and oxygen atoms in total. The quantitative estimate of drug-likeness (QED) is 0.826. The molecule has 17 heavy (non-hydrogen) atoms. The molecule has 0 saturated carbocycles. The number of rotatable bonds is 2. The zero-order valence-corrected chi connectivity index (χ0v) is 9.27. The molecule has 2 N–H and O–H groups in total. The molecule has 0 aliphatic carbocycles. The molecule has 1 aromatic carbocycles. The average molecular weight is 231 g/mol. The number of amides is 1. The van der Waals surface area contributed by atoms with Crippen molar-refractivity contribution in [1.29, 1.82) is 0 Å². The summed E-state index contributed by atoms with van der Waals surface area (Å²) in [6, 6.07) is 5.65. The van der Waals surface area contributed by atoms with Gasteiger partial charge in [-0.3, -0.25) is 9.89 Å². The number of hydrogen-bond acceptors (Lipinski definition) is 3. The molecule has 1 aromatic heterocycles. The van der Waals surface area contributed by atoms with E-state index >= 15 is 0 Å². The van der Waals surface area contributed by atoms with Crippen molar-refractivity contribution >= 4 is 22.5 Å². The Hall–Kier alpha value is -1.88. The fraction of sp³-hybridized carbons (Fsp3) is 0.333. The van der Waals surface area contributed by atoms with E-state index in [1.165, 1.54) is 0 Å². The average Bonchev–Trinajstić information content (AvgIpc) is 2.99. The van der Waals surface area contributed by atoms with E-state index in [1.807, 2.05) is 18.2 Å². The molecule has 5 heteroatoms. The molecule has 1 aliphatic rings. The van der Waals surface area contributed by atoms with E-state index < -0.39 is 0 Å². The summed E-state index contributed by atoms with van der Waals surface area (Å²) in [7, 11) is 0. The largest absolute Gasteiger partial charge is 0.368 e. The number of carbonyl (C=O) groups excluding carboxylic acids is 1. The number of aromatic nitrogens is 2. The number of carbonyl (C=O) groups is 1. The van der Waals surface area contributed by atoms with Crippen LogP contribution in [-0.4, -0.2) is 28.8 Å². The van der Waals surface area contributed by atoms with Crippen molar-refractivity contribution in [3.05, 3.63) is 24.4 Å². The zero-order valence-electron chi connectivity index (χ0n) is 9.27. The normalized spacial score (nSPS) is 19.6. The van der Waals surface area contributed by atoms with Crippen LogP contribution in [-0.2, 0) is 9.53 Å². The molecule has 3 rings (SSSR count). The van der Waals surface area contributed by atoms with Gasteiger partial charge in [0.1, 0.15) is 6.10 Å². The number of hydrogen-bond donors (Lipinski definition) is 2. The number of fused-ring (bicyclic) bond motifs is 1. The molecule has 0 radical (unpaired) electrons. The summed E-state index contributed by atoms with van der Waals surface area (Å²) in [4.78, 5) is 11.8. The second-order valence-electron chi connectivity index (χ2n) is 4.16. The number of nitrogens with zero attached hydrogens (tertiary/aromatic N) is 1. The first-order valence-corrected chi connectivity index (χ1v) is 5.68. The van der Waals surface area contributed by atoms with Gasteiger partial charge < -0.3 is 10.1 Å². The van der Waals surface area contributed by atoms with Gasteiger partial charge in [0.2, 0.25) is 0 Å². The van der Waals surface area contributed by atoms with Crippen LogP contribution in [0.2, 0.25) is 0 Å². The van der Waals surface area contributed by atoms with Gasteiger partial charge in [-0.2, -0.15) is 5.10 Å². The predicted molar refractivity (Wildman–Crippen MR) is 63.7 cm³/mol. The Balaban J connectivity index is 1.77. The monoisotopic (exact) mass is 231 g/mol. The Labute approximate surface area is 98.2 Å². The maximum Gasteiger partial charge on any atom is 0.253 e. The van der Waals surface area contributed by atoms with Crippen LogP contribution in [0.1, 0.15) is 12.8 Å². The third-order valence-corrected chi connectivity index (χ3v) is 2.93. The molecule has 0 spiro atoms. The third-order valence-electron chi connectivity index (χ3n) is 2.93. The lowest BCUT2D eigenvalue weighted by Crippen LogP contribution is -2.26. The van der Waals surface area contributed by atoms with Gasteiger partial charge in [-0.25, -0.2) is 0 Å². The van der Waals surface area contributed by atoms with Gasteiger partial charge in [-0.15, -0.1) is 0 Å². The van der Waals surface area contributed by atoms with E-state index in [-0.39, 0.29) is 12.0 Å². The number of anilines is 1. The van der Waals surface area contributed by atoms with Crippen LogP contribution >= 0.6 is 0 Å². The van der Waals surface area contributed by atoms with Crippen molar-refractivity contribution in [3.63, 3.8) is 0 Å². The summed E-state index contributed by atoms with van der Waals surface area (Å²) in [5, 5.41) is 10.6. The molecule has 1 saturated heterocycles. The van der Waals surface area contributed by atoms with Gasteiger partial charge in [0, 0.05) is 17.7 Å². The van der Waals surface area contributed by atoms with E-state index in [9.17, 15) is 4.79 Å². The van der Waals surface area contributed by atoms with Crippen LogP contribution in [0.4, 0.5) is 5.69 Å². The standard InChI is InChI=1S/C12H13N3O2/c16-12(11-2-1-5-17-11)14-9-3-4-10-8(6-9)7-13-15-10/h3-4,6-7,11H,1-2,5H2,(H,13,15)(H,14,16). The number of H-pyrrole nitrogens is 1. The summed E-state index contributed by atoms with van der Waals surface area (Å²) in [6.07, 6.45) is 3.20. The first-order valence-electron chi connectivity index (χ1n) is 5.68. The van der Waals surface area contributed by atoms with E-state index in [1.54, 1.807) is 6.20 Å². The SMILES string of the molecule is O=C(Nc1ccc2[nH]ncc2c1)C1CCCO1. The molecule has 1 atom stereocenters. The Kier molecular flexibility index (Phi) is 2.53. The lowest BCUT2D eigenvalue weighted by Gasteiger charge is -2.10. The van der Waals surface area contributed by atoms with Crippen molar-refractivity contribution < 1.29 is 9.53 Å². The summed E-state index contributed by atoms with van der Waals surface area (Å²) in [5.41, 5.74) is 1.74. The molecular formula is C12H13N3O2. The maximum atomic E-state index is 11.8. The fourth-order valence-electron chi connectivity index (χ4n) is 2.03. The van der Waals surface area contributed by atoms with E-state index in [2.05, 4.69) is 15.5 Å². The topological polar surface area (TPSA) is 67.0 Å². The number of benzene rings is 1. The first kappa shape index (κ1) is 10.3. The van der Waals surface area contributed by atoms with Crippen LogP contribution in [0, 0.1) is 0 Å². The smallest absolute Gasteiger partial charge is 0.253 e.